The first-order chi connectivity index (χ1) is 16.1. The van der Waals surface area contributed by atoms with Crippen LogP contribution in [-0.4, -0.2) is 42.9 Å². The molecule has 0 aliphatic heterocycles. The van der Waals surface area contributed by atoms with E-state index in [1.807, 2.05) is 36.2 Å². The van der Waals surface area contributed by atoms with Gasteiger partial charge in [0.05, 0.1) is 11.9 Å². The molecule has 0 atom stereocenters. The van der Waals surface area contributed by atoms with Gasteiger partial charge < -0.3 is 15.3 Å². The van der Waals surface area contributed by atoms with E-state index in [1.165, 1.54) is 12.1 Å². The molecule has 33 heavy (non-hydrogen) atoms. The van der Waals surface area contributed by atoms with Gasteiger partial charge in [0.15, 0.2) is 11.3 Å². The summed E-state index contributed by atoms with van der Waals surface area (Å²) in [6.07, 6.45) is 3.47. The fourth-order valence-electron chi connectivity index (χ4n) is 3.54. The van der Waals surface area contributed by atoms with E-state index in [2.05, 4.69) is 32.7 Å². The molecule has 5 aromatic rings. The van der Waals surface area contributed by atoms with Crippen LogP contribution >= 0.6 is 0 Å². The number of aromatic amines is 1. The molecular formula is C24H21N7O2. The molecule has 164 valence electrons. The van der Waals surface area contributed by atoms with Crippen molar-refractivity contribution in [3.63, 3.8) is 0 Å². The van der Waals surface area contributed by atoms with Gasteiger partial charge >= 0.3 is 0 Å². The van der Waals surface area contributed by atoms with E-state index in [1.54, 1.807) is 35.1 Å². The van der Waals surface area contributed by atoms with Gasteiger partial charge in [0.1, 0.15) is 11.6 Å². The molecule has 5 rings (SSSR count). The predicted octanol–water partition coefficient (Wildman–Crippen LogP) is 3.71. The first kappa shape index (κ1) is 20.3. The van der Waals surface area contributed by atoms with Gasteiger partial charge in [-0.2, -0.15) is 10.2 Å². The Morgan fingerprint density at radius 1 is 1.12 bits per heavy atom. The highest BCUT2D eigenvalue weighted by molar-refractivity contribution is 6.03. The topological polar surface area (TPSA) is 111 Å². The number of nitrogens with one attached hydrogen (secondary N) is 2. The lowest BCUT2D eigenvalue weighted by Crippen LogP contribution is -2.18. The summed E-state index contributed by atoms with van der Waals surface area (Å²) < 4.78 is 1.64. The second-order valence-electron chi connectivity index (χ2n) is 7.63. The molecule has 0 radical (unpaired) electrons. The van der Waals surface area contributed by atoms with Crippen molar-refractivity contribution in [1.82, 2.24) is 24.8 Å². The molecule has 0 saturated carbocycles. The minimum atomic E-state index is -0.372. The quantitative estimate of drug-likeness (QED) is 0.348. The van der Waals surface area contributed by atoms with Gasteiger partial charge in [0, 0.05) is 43.2 Å². The lowest BCUT2D eigenvalue weighted by atomic mass is 10.2. The Bertz CT molecular complexity index is 1390. The van der Waals surface area contributed by atoms with E-state index in [4.69, 9.17) is 4.98 Å². The molecule has 9 heteroatoms. The number of carbonyl (C=O) groups excluding carboxylic acids is 1. The van der Waals surface area contributed by atoms with Crippen molar-refractivity contribution in [3.8, 4) is 17.0 Å². The largest absolute Gasteiger partial charge is 0.508 e. The maximum Gasteiger partial charge on any atom is 0.276 e. The number of hydrogen-bond acceptors (Lipinski definition) is 6. The van der Waals surface area contributed by atoms with Crippen LogP contribution in [0.25, 0.3) is 16.9 Å². The Morgan fingerprint density at radius 2 is 1.91 bits per heavy atom. The van der Waals surface area contributed by atoms with Crippen molar-refractivity contribution in [2.45, 2.75) is 6.54 Å². The zero-order valence-corrected chi connectivity index (χ0v) is 17.8. The van der Waals surface area contributed by atoms with E-state index in [0.717, 1.165) is 22.6 Å². The van der Waals surface area contributed by atoms with Crippen molar-refractivity contribution in [2.75, 3.05) is 17.3 Å². The molecular weight excluding hydrogens is 418 g/mol. The number of hydrogen-bond donors (Lipinski definition) is 3. The third-order valence-corrected chi connectivity index (χ3v) is 5.22. The summed E-state index contributed by atoms with van der Waals surface area (Å²) in [6, 6.07) is 20.0. The van der Waals surface area contributed by atoms with Crippen molar-refractivity contribution in [3.05, 3.63) is 90.4 Å². The Balaban J connectivity index is 1.51. The average Bonchev–Trinajstić information content (AvgIpc) is 3.51. The SMILES string of the molecule is CN(Cc1ccccc1)c1cc(-c2cn[nH]c2)n2nc(C(=O)Nc3ccc(O)cc3)cc2n1. The number of anilines is 2. The molecule has 3 N–H and O–H groups in total. The van der Waals surface area contributed by atoms with Crippen molar-refractivity contribution in [2.24, 2.45) is 0 Å². The number of H-pyrrole nitrogens is 1. The highest BCUT2D eigenvalue weighted by atomic mass is 16.3. The second kappa shape index (κ2) is 8.46. The smallest absolute Gasteiger partial charge is 0.276 e. The summed E-state index contributed by atoms with van der Waals surface area (Å²) in [7, 11) is 1.97. The summed E-state index contributed by atoms with van der Waals surface area (Å²) in [5, 5.41) is 23.6. The highest BCUT2D eigenvalue weighted by Gasteiger charge is 2.18. The Morgan fingerprint density at radius 3 is 2.64 bits per heavy atom. The summed E-state index contributed by atoms with van der Waals surface area (Å²) in [6.45, 7) is 0.678. The number of benzene rings is 2. The van der Waals surface area contributed by atoms with Crippen LogP contribution in [0.1, 0.15) is 16.1 Å². The van der Waals surface area contributed by atoms with Crippen LogP contribution in [-0.2, 0) is 6.54 Å². The van der Waals surface area contributed by atoms with Gasteiger partial charge in [-0.1, -0.05) is 30.3 Å². The van der Waals surface area contributed by atoms with Gasteiger partial charge in [-0.05, 0) is 29.8 Å². The maximum absolute atomic E-state index is 12.8. The lowest BCUT2D eigenvalue weighted by Gasteiger charge is -2.19. The molecule has 9 nitrogen and oxygen atoms in total. The van der Waals surface area contributed by atoms with Crippen LogP contribution in [0.5, 0.6) is 5.75 Å². The van der Waals surface area contributed by atoms with Crippen LogP contribution in [0.3, 0.4) is 0 Å². The van der Waals surface area contributed by atoms with E-state index in [0.29, 0.717) is 17.9 Å². The fraction of sp³-hybridized carbons (Fsp3) is 0.0833. The van der Waals surface area contributed by atoms with Crippen LogP contribution in [0.15, 0.2) is 79.1 Å². The van der Waals surface area contributed by atoms with Crippen LogP contribution < -0.4 is 10.2 Å². The number of aromatic hydroxyl groups is 1. The number of fused-ring (bicyclic) bond motifs is 1. The Labute approximate surface area is 189 Å². The molecule has 0 saturated heterocycles. The van der Waals surface area contributed by atoms with Crippen LogP contribution in [0, 0.1) is 0 Å². The molecule has 1 amide bonds. The molecule has 0 unspecified atom stereocenters. The first-order valence-electron chi connectivity index (χ1n) is 10.3. The zero-order chi connectivity index (χ0) is 22.8. The number of nitrogens with zero attached hydrogens (tertiary/aromatic N) is 5. The number of rotatable bonds is 6. The fourth-order valence-corrected chi connectivity index (χ4v) is 3.54. The number of phenolic OH excluding ortho intramolecular Hbond substituents is 1. The summed E-state index contributed by atoms with van der Waals surface area (Å²) in [5.41, 5.74) is 4.07. The summed E-state index contributed by atoms with van der Waals surface area (Å²) in [4.78, 5) is 19.6. The maximum atomic E-state index is 12.8. The van der Waals surface area contributed by atoms with Gasteiger partial charge in [0.25, 0.3) is 5.91 Å². The molecule has 3 heterocycles. The van der Waals surface area contributed by atoms with Crippen molar-refractivity contribution < 1.29 is 9.90 Å². The van der Waals surface area contributed by atoms with E-state index >= 15 is 0 Å². The molecule has 0 aliphatic carbocycles. The minimum Gasteiger partial charge on any atom is -0.508 e. The summed E-state index contributed by atoms with van der Waals surface area (Å²) in [5.74, 6) is 0.498. The van der Waals surface area contributed by atoms with Crippen molar-refractivity contribution in [1.29, 1.82) is 0 Å². The number of phenols is 1. The van der Waals surface area contributed by atoms with Crippen molar-refractivity contribution >= 4 is 23.1 Å². The highest BCUT2D eigenvalue weighted by Crippen LogP contribution is 2.25. The lowest BCUT2D eigenvalue weighted by molar-refractivity contribution is 0.102. The molecule has 2 aromatic carbocycles. The van der Waals surface area contributed by atoms with Gasteiger partial charge in [0.2, 0.25) is 0 Å². The average molecular weight is 439 g/mol. The van der Waals surface area contributed by atoms with Gasteiger partial charge in [-0.25, -0.2) is 9.50 Å². The number of amides is 1. The third kappa shape index (κ3) is 4.24. The number of aromatic nitrogens is 5. The molecule has 0 bridgehead atoms. The third-order valence-electron chi connectivity index (χ3n) is 5.22. The number of carbonyl (C=O) groups is 1. The summed E-state index contributed by atoms with van der Waals surface area (Å²) >= 11 is 0. The van der Waals surface area contributed by atoms with E-state index < -0.39 is 0 Å². The van der Waals surface area contributed by atoms with E-state index in [9.17, 15) is 9.90 Å². The normalized spacial score (nSPS) is 10.9. The molecule has 0 aliphatic rings. The minimum absolute atomic E-state index is 0.127. The monoisotopic (exact) mass is 439 g/mol. The molecule has 3 aromatic heterocycles. The zero-order valence-electron chi connectivity index (χ0n) is 17.8. The van der Waals surface area contributed by atoms with Gasteiger partial charge in [-0.15, -0.1) is 0 Å². The predicted molar refractivity (Wildman–Crippen MR) is 125 cm³/mol. The Kier molecular flexibility index (Phi) is 5.19. The van der Waals surface area contributed by atoms with E-state index in [-0.39, 0.29) is 17.4 Å². The first-order valence-corrected chi connectivity index (χ1v) is 10.3. The van der Waals surface area contributed by atoms with Crippen LogP contribution in [0.2, 0.25) is 0 Å². The van der Waals surface area contributed by atoms with Crippen LogP contribution in [0.4, 0.5) is 11.5 Å². The van der Waals surface area contributed by atoms with Gasteiger partial charge in [-0.3, -0.25) is 9.89 Å². The Hall–Kier alpha value is -4.66. The second-order valence-corrected chi connectivity index (χ2v) is 7.63. The molecule has 0 fully saturated rings. The standard InChI is InChI=1S/C24H21N7O2/c1-30(15-16-5-3-2-4-6-16)22-12-21(17-13-25-26-14-17)31-23(28-22)11-20(29-31)24(33)27-18-7-9-19(32)10-8-18/h2-14,32H,15H2,1H3,(H,25,26)(H,27,33). The molecule has 0 spiro atoms.